The number of ether oxygens (including phenoxy) is 2. The minimum Gasteiger partial charge on any atom is -0.497 e. The lowest BCUT2D eigenvalue weighted by Gasteiger charge is -2.34. The molecule has 0 aromatic heterocycles. The van der Waals surface area contributed by atoms with Crippen LogP contribution in [-0.2, 0) is 32.6 Å². The second kappa shape index (κ2) is 16.1. The fourth-order valence-corrected chi connectivity index (χ4v) is 6.45. The van der Waals surface area contributed by atoms with Crippen molar-refractivity contribution in [1.29, 1.82) is 0 Å². The van der Waals surface area contributed by atoms with Crippen LogP contribution in [0.25, 0.3) is 0 Å². The zero-order valence-electron chi connectivity index (χ0n) is 26.9. The van der Waals surface area contributed by atoms with Crippen LogP contribution in [0.2, 0.25) is 0 Å². The fraction of sp³-hybridized carbons (Fsp3) is 0.278. The summed E-state index contributed by atoms with van der Waals surface area (Å²) in [7, 11) is -1.55. The quantitative estimate of drug-likeness (QED) is 0.182. The lowest BCUT2D eigenvalue weighted by Crippen LogP contribution is -2.53. The second-order valence-electron chi connectivity index (χ2n) is 11.3. The van der Waals surface area contributed by atoms with Crippen LogP contribution in [0.3, 0.4) is 0 Å². The molecule has 0 saturated carbocycles. The van der Waals surface area contributed by atoms with Crippen molar-refractivity contribution in [2.45, 2.75) is 37.8 Å². The van der Waals surface area contributed by atoms with Crippen molar-refractivity contribution in [1.82, 2.24) is 10.2 Å². The number of hydrogen-bond donors (Lipinski definition) is 1. The smallest absolute Gasteiger partial charge is 0.264 e. The first kappa shape index (κ1) is 35.0. The molecule has 0 bridgehead atoms. The molecule has 0 radical (unpaired) electrons. The number of sulfonamides is 1. The van der Waals surface area contributed by atoms with Crippen LogP contribution in [0.1, 0.15) is 25.0 Å². The summed E-state index contributed by atoms with van der Waals surface area (Å²) < 4.78 is 55.5. The predicted molar refractivity (Wildman–Crippen MR) is 179 cm³/mol. The van der Waals surface area contributed by atoms with Gasteiger partial charge in [-0.3, -0.25) is 13.9 Å². The van der Waals surface area contributed by atoms with E-state index in [9.17, 15) is 18.0 Å². The second-order valence-corrected chi connectivity index (χ2v) is 13.2. The van der Waals surface area contributed by atoms with E-state index in [1.165, 1.54) is 55.5 Å². The van der Waals surface area contributed by atoms with Crippen LogP contribution in [0, 0.1) is 11.7 Å². The molecule has 4 rings (SSSR count). The number of carbonyl (C=O) groups is 2. The van der Waals surface area contributed by atoms with Crippen molar-refractivity contribution in [2.24, 2.45) is 5.92 Å². The van der Waals surface area contributed by atoms with E-state index < -0.39 is 40.2 Å². The lowest BCUT2D eigenvalue weighted by molar-refractivity contribution is -0.140. The van der Waals surface area contributed by atoms with Gasteiger partial charge in [-0.1, -0.05) is 80.6 Å². The Labute approximate surface area is 276 Å². The van der Waals surface area contributed by atoms with E-state index in [2.05, 4.69) is 5.32 Å². The topological polar surface area (TPSA) is 105 Å². The number of carbonyl (C=O) groups excluding carboxylic acids is 2. The van der Waals surface area contributed by atoms with Gasteiger partial charge in [-0.05, 0) is 41.8 Å². The number of nitrogens with one attached hydrogen (secondary N) is 1. The summed E-state index contributed by atoms with van der Waals surface area (Å²) in [5.74, 6) is -1.09. The number of rotatable bonds is 15. The summed E-state index contributed by atoms with van der Waals surface area (Å²) in [6.45, 7) is 3.23. The zero-order chi connectivity index (χ0) is 34.0. The van der Waals surface area contributed by atoms with Gasteiger partial charge in [0, 0.05) is 31.1 Å². The summed E-state index contributed by atoms with van der Waals surface area (Å²) >= 11 is 0. The van der Waals surface area contributed by atoms with Crippen LogP contribution in [0.4, 0.5) is 10.1 Å². The Balaban J connectivity index is 1.86. The molecule has 0 saturated heterocycles. The highest BCUT2D eigenvalue weighted by Gasteiger charge is 2.36. The van der Waals surface area contributed by atoms with E-state index in [0.717, 1.165) is 9.87 Å². The highest BCUT2D eigenvalue weighted by atomic mass is 32.2. The van der Waals surface area contributed by atoms with Crippen molar-refractivity contribution in [3.05, 3.63) is 120 Å². The summed E-state index contributed by atoms with van der Waals surface area (Å²) in [6, 6.07) is 26.3. The molecule has 0 aliphatic rings. The highest BCUT2D eigenvalue weighted by molar-refractivity contribution is 7.92. The summed E-state index contributed by atoms with van der Waals surface area (Å²) in [4.78, 5) is 29.6. The third-order valence-electron chi connectivity index (χ3n) is 7.52. The zero-order valence-corrected chi connectivity index (χ0v) is 27.7. The van der Waals surface area contributed by atoms with Gasteiger partial charge in [0.2, 0.25) is 11.8 Å². The Bertz CT molecular complexity index is 1750. The first-order valence-electron chi connectivity index (χ1n) is 15.2. The van der Waals surface area contributed by atoms with Crippen LogP contribution in [0.15, 0.2) is 108 Å². The van der Waals surface area contributed by atoms with E-state index in [1.807, 2.05) is 44.2 Å². The lowest BCUT2D eigenvalue weighted by atomic mass is 10.0. The Morgan fingerprint density at radius 3 is 2.11 bits per heavy atom. The monoisotopic (exact) mass is 661 g/mol. The van der Waals surface area contributed by atoms with Crippen molar-refractivity contribution >= 4 is 27.5 Å². The van der Waals surface area contributed by atoms with E-state index in [0.29, 0.717) is 12.3 Å². The molecular weight excluding hydrogens is 621 g/mol. The summed E-state index contributed by atoms with van der Waals surface area (Å²) in [5, 5.41) is 2.92. The van der Waals surface area contributed by atoms with Gasteiger partial charge < -0.3 is 19.7 Å². The largest absolute Gasteiger partial charge is 0.497 e. The number of anilines is 1. The first-order chi connectivity index (χ1) is 22.5. The molecule has 11 heteroatoms. The van der Waals surface area contributed by atoms with Gasteiger partial charge in [0.25, 0.3) is 10.0 Å². The van der Waals surface area contributed by atoms with Crippen molar-refractivity contribution in [3.8, 4) is 11.5 Å². The normalized spacial score (nSPS) is 11.9. The van der Waals surface area contributed by atoms with E-state index in [1.54, 1.807) is 36.4 Å². The average Bonchev–Trinajstić information content (AvgIpc) is 3.08. The fourth-order valence-electron chi connectivity index (χ4n) is 5.01. The number of benzene rings is 4. The molecule has 248 valence electrons. The molecule has 0 aliphatic heterocycles. The van der Waals surface area contributed by atoms with Crippen LogP contribution in [-0.4, -0.2) is 58.5 Å². The Morgan fingerprint density at radius 1 is 0.851 bits per heavy atom. The maximum atomic E-state index is 15.1. The molecule has 0 fully saturated rings. The minimum atomic E-state index is -4.37. The Hall–Kier alpha value is -4.90. The summed E-state index contributed by atoms with van der Waals surface area (Å²) in [6.07, 6.45) is 0.110. The molecule has 2 amide bonds. The maximum Gasteiger partial charge on any atom is 0.264 e. The van der Waals surface area contributed by atoms with Gasteiger partial charge in [-0.2, -0.15) is 0 Å². The molecule has 0 heterocycles. The van der Waals surface area contributed by atoms with Gasteiger partial charge in [0.05, 0.1) is 24.8 Å². The van der Waals surface area contributed by atoms with Gasteiger partial charge in [0.1, 0.15) is 29.9 Å². The van der Waals surface area contributed by atoms with Crippen molar-refractivity contribution < 1.29 is 31.9 Å². The van der Waals surface area contributed by atoms with E-state index >= 15 is 4.39 Å². The Morgan fingerprint density at radius 2 is 1.49 bits per heavy atom. The van der Waals surface area contributed by atoms with Crippen LogP contribution >= 0.6 is 0 Å². The van der Waals surface area contributed by atoms with Crippen molar-refractivity contribution in [2.75, 3.05) is 31.6 Å². The SMILES string of the molecule is COc1ccc(OC)c(N(CC(=O)N(Cc2ccccc2F)[C@@H](Cc2ccccc2)C(=O)NCC(C)C)S(=O)(=O)c2ccccc2)c1. The molecule has 0 aliphatic carbocycles. The predicted octanol–water partition coefficient (Wildman–Crippen LogP) is 5.45. The minimum absolute atomic E-state index is 0.0544. The summed E-state index contributed by atoms with van der Waals surface area (Å²) in [5.41, 5.74) is 0.998. The molecule has 9 nitrogen and oxygen atoms in total. The number of methoxy groups -OCH3 is 2. The molecule has 4 aromatic carbocycles. The number of halogens is 1. The standard InChI is InChI=1S/C36H40FN3O6S/c1-26(2)23-38-36(42)33(21-27-13-7-5-8-14-27)39(24-28-15-11-12-18-31(28)37)35(41)25-40(47(43,44)30-16-9-6-10-17-30)32-22-29(45-3)19-20-34(32)46-4/h5-20,22,26,33H,21,23-25H2,1-4H3,(H,38,42)/t33-/m0/s1. The van der Waals surface area contributed by atoms with Gasteiger partial charge in [0.15, 0.2) is 0 Å². The van der Waals surface area contributed by atoms with Gasteiger partial charge in [-0.15, -0.1) is 0 Å². The highest BCUT2D eigenvalue weighted by Crippen LogP contribution is 2.36. The molecule has 1 N–H and O–H groups in total. The molecule has 47 heavy (non-hydrogen) atoms. The third kappa shape index (κ3) is 8.88. The molecule has 0 spiro atoms. The molecule has 4 aromatic rings. The maximum absolute atomic E-state index is 15.1. The molecular formula is C36H40FN3O6S. The van der Waals surface area contributed by atoms with E-state index in [-0.39, 0.29) is 40.8 Å². The first-order valence-corrected chi connectivity index (χ1v) is 16.6. The molecule has 1 atom stereocenters. The van der Waals surface area contributed by atoms with Gasteiger partial charge >= 0.3 is 0 Å². The number of amides is 2. The number of nitrogens with zero attached hydrogens (tertiary/aromatic N) is 2. The van der Waals surface area contributed by atoms with Crippen molar-refractivity contribution in [3.63, 3.8) is 0 Å². The third-order valence-corrected chi connectivity index (χ3v) is 9.29. The Kier molecular flexibility index (Phi) is 12.0. The van der Waals surface area contributed by atoms with Crippen LogP contribution < -0.4 is 19.1 Å². The van der Waals surface area contributed by atoms with Gasteiger partial charge in [-0.25, -0.2) is 12.8 Å². The van der Waals surface area contributed by atoms with Crippen LogP contribution in [0.5, 0.6) is 11.5 Å². The number of hydrogen-bond acceptors (Lipinski definition) is 6. The molecule has 0 unspecified atom stereocenters. The average molecular weight is 662 g/mol. The van der Waals surface area contributed by atoms with E-state index in [4.69, 9.17) is 9.47 Å².